The third-order valence-corrected chi connectivity index (χ3v) is 5.15. The first-order valence-electron chi connectivity index (χ1n) is 9.35. The first kappa shape index (κ1) is 19.3. The number of pyridine rings is 1. The first-order chi connectivity index (χ1) is 13.8. The van der Waals surface area contributed by atoms with E-state index in [1.54, 1.807) is 25.1 Å². The van der Waals surface area contributed by atoms with E-state index in [4.69, 9.17) is 4.52 Å². The number of nitrogens with zero attached hydrogens (tertiary/aromatic N) is 3. The Bertz CT molecular complexity index is 1020. The molecule has 0 aromatic carbocycles. The first-order valence-corrected chi connectivity index (χ1v) is 9.35. The van der Waals surface area contributed by atoms with Crippen molar-refractivity contribution in [3.05, 3.63) is 47.6 Å². The van der Waals surface area contributed by atoms with Crippen LogP contribution in [0.1, 0.15) is 47.5 Å². The Balaban J connectivity index is 1.38. The SMILES string of the molecule is Cc1cnoc1C(=O)N[C@H]1CC[C@@H](Nc2cccc3nc(C(F)(F)F)cn23)CC1. The number of rotatable bonds is 4. The van der Waals surface area contributed by atoms with Gasteiger partial charge in [-0.15, -0.1) is 0 Å². The lowest BCUT2D eigenvalue weighted by molar-refractivity contribution is -0.140. The standard InChI is InChI=1S/C19H20F3N5O2/c1-11-9-23-29-17(11)18(28)25-13-7-5-12(6-8-13)24-15-3-2-4-16-26-14(10-27(15)16)19(20,21)22/h2-4,9-10,12-13,24H,5-8H2,1H3,(H,25,28)/t12-,13+. The molecule has 29 heavy (non-hydrogen) atoms. The van der Waals surface area contributed by atoms with Crippen LogP contribution in [-0.4, -0.2) is 32.5 Å². The summed E-state index contributed by atoms with van der Waals surface area (Å²) in [6.45, 7) is 1.76. The zero-order chi connectivity index (χ0) is 20.6. The summed E-state index contributed by atoms with van der Waals surface area (Å²) in [5.74, 6) is 0.507. The molecule has 7 nitrogen and oxygen atoms in total. The van der Waals surface area contributed by atoms with Crippen LogP contribution < -0.4 is 10.6 Å². The van der Waals surface area contributed by atoms with E-state index < -0.39 is 11.9 Å². The van der Waals surface area contributed by atoms with Crippen molar-refractivity contribution in [2.75, 3.05) is 5.32 Å². The van der Waals surface area contributed by atoms with E-state index in [9.17, 15) is 18.0 Å². The highest BCUT2D eigenvalue weighted by molar-refractivity contribution is 5.92. The van der Waals surface area contributed by atoms with E-state index in [0.717, 1.165) is 31.9 Å². The summed E-state index contributed by atoms with van der Waals surface area (Å²) in [4.78, 5) is 15.9. The van der Waals surface area contributed by atoms with E-state index in [0.29, 0.717) is 11.4 Å². The number of anilines is 1. The number of imidazole rings is 1. The zero-order valence-electron chi connectivity index (χ0n) is 15.7. The molecule has 2 N–H and O–H groups in total. The van der Waals surface area contributed by atoms with Crippen LogP contribution in [0.3, 0.4) is 0 Å². The largest absolute Gasteiger partial charge is 0.434 e. The maximum absolute atomic E-state index is 12.9. The van der Waals surface area contributed by atoms with Gasteiger partial charge in [0.05, 0.1) is 6.20 Å². The number of aryl methyl sites for hydroxylation is 1. The molecule has 0 atom stereocenters. The van der Waals surface area contributed by atoms with Crippen LogP contribution in [0.4, 0.5) is 19.0 Å². The number of amides is 1. The van der Waals surface area contributed by atoms with Crippen molar-refractivity contribution in [1.29, 1.82) is 0 Å². The fourth-order valence-electron chi connectivity index (χ4n) is 3.62. The molecule has 1 aliphatic rings. The van der Waals surface area contributed by atoms with Crippen LogP contribution in [0.25, 0.3) is 5.65 Å². The van der Waals surface area contributed by atoms with Gasteiger partial charge < -0.3 is 15.2 Å². The van der Waals surface area contributed by atoms with Crippen molar-refractivity contribution in [2.45, 2.75) is 50.9 Å². The highest BCUT2D eigenvalue weighted by Gasteiger charge is 2.34. The van der Waals surface area contributed by atoms with Gasteiger partial charge in [0.15, 0.2) is 5.69 Å². The number of carbonyl (C=O) groups excluding carboxylic acids is 1. The van der Waals surface area contributed by atoms with Gasteiger partial charge in [0.1, 0.15) is 11.5 Å². The lowest BCUT2D eigenvalue weighted by Gasteiger charge is -2.30. The monoisotopic (exact) mass is 407 g/mol. The predicted molar refractivity (Wildman–Crippen MR) is 98.6 cm³/mol. The van der Waals surface area contributed by atoms with Crippen LogP contribution in [0.2, 0.25) is 0 Å². The maximum atomic E-state index is 12.9. The summed E-state index contributed by atoms with van der Waals surface area (Å²) < 4.78 is 45.2. The van der Waals surface area contributed by atoms with Crippen molar-refractivity contribution in [3.63, 3.8) is 0 Å². The third-order valence-electron chi connectivity index (χ3n) is 5.15. The molecule has 1 aliphatic carbocycles. The molecule has 0 bridgehead atoms. The highest BCUT2D eigenvalue weighted by Crippen LogP contribution is 2.30. The minimum Gasteiger partial charge on any atom is -0.368 e. The maximum Gasteiger partial charge on any atom is 0.434 e. The second-order valence-corrected chi connectivity index (χ2v) is 7.27. The summed E-state index contributed by atoms with van der Waals surface area (Å²) in [6, 6.07) is 5.06. The van der Waals surface area contributed by atoms with Gasteiger partial charge in [-0.1, -0.05) is 11.2 Å². The fourth-order valence-corrected chi connectivity index (χ4v) is 3.62. The molecular formula is C19H20F3N5O2. The van der Waals surface area contributed by atoms with Crippen LogP contribution in [-0.2, 0) is 6.18 Å². The number of halogens is 3. The predicted octanol–water partition coefficient (Wildman–Crippen LogP) is 3.80. The number of hydrogen-bond donors (Lipinski definition) is 2. The molecule has 0 saturated heterocycles. The Labute approximate surface area is 164 Å². The molecule has 0 radical (unpaired) electrons. The van der Waals surface area contributed by atoms with Crippen LogP contribution in [0, 0.1) is 6.92 Å². The van der Waals surface area contributed by atoms with Gasteiger partial charge in [0.2, 0.25) is 5.76 Å². The molecule has 1 amide bonds. The molecule has 10 heteroatoms. The van der Waals surface area contributed by atoms with E-state index in [1.807, 2.05) is 0 Å². The molecule has 3 aromatic rings. The van der Waals surface area contributed by atoms with Gasteiger partial charge in [0.25, 0.3) is 5.91 Å². The van der Waals surface area contributed by atoms with Crippen molar-refractivity contribution in [1.82, 2.24) is 19.9 Å². The molecule has 4 rings (SSSR count). The van der Waals surface area contributed by atoms with Gasteiger partial charge in [-0.3, -0.25) is 9.20 Å². The molecule has 3 heterocycles. The van der Waals surface area contributed by atoms with E-state index in [2.05, 4.69) is 20.8 Å². The molecule has 154 valence electrons. The lowest BCUT2D eigenvalue weighted by Crippen LogP contribution is -2.40. The van der Waals surface area contributed by atoms with Crippen LogP contribution in [0.15, 0.2) is 35.1 Å². The molecular weight excluding hydrogens is 387 g/mol. The van der Waals surface area contributed by atoms with Gasteiger partial charge in [-0.2, -0.15) is 13.2 Å². The van der Waals surface area contributed by atoms with Crippen LogP contribution >= 0.6 is 0 Å². The second kappa shape index (κ2) is 7.41. The Kier molecular flexibility index (Phi) is 4.93. The number of hydrogen-bond acceptors (Lipinski definition) is 5. The summed E-state index contributed by atoms with van der Waals surface area (Å²) in [5, 5.41) is 9.88. The average Bonchev–Trinajstić information content (AvgIpc) is 3.30. The number of aromatic nitrogens is 3. The molecule has 0 unspecified atom stereocenters. The van der Waals surface area contributed by atoms with E-state index in [1.165, 1.54) is 10.6 Å². The van der Waals surface area contributed by atoms with Crippen molar-refractivity contribution < 1.29 is 22.5 Å². The highest BCUT2D eigenvalue weighted by atomic mass is 19.4. The number of nitrogens with one attached hydrogen (secondary N) is 2. The van der Waals surface area contributed by atoms with E-state index >= 15 is 0 Å². The Morgan fingerprint density at radius 3 is 2.59 bits per heavy atom. The Morgan fingerprint density at radius 1 is 1.21 bits per heavy atom. The van der Waals surface area contributed by atoms with Crippen LogP contribution in [0.5, 0.6) is 0 Å². The third kappa shape index (κ3) is 4.06. The van der Waals surface area contributed by atoms with Gasteiger partial charge in [-0.25, -0.2) is 4.98 Å². The summed E-state index contributed by atoms with van der Waals surface area (Å²) >= 11 is 0. The number of carbonyl (C=O) groups is 1. The molecule has 1 fully saturated rings. The molecule has 3 aromatic heterocycles. The summed E-state index contributed by atoms with van der Waals surface area (Å²) in [7, 11) is 0. The van der Waals surface area contributed by atoms with Crippen molar-refractivity contribution >= 4 is 17.4 Å². The van der Waals surface area contributed by atoms with Crippen molar-refractivity contribution in [3.8, 4) is 0 Å². The lowest BCUT2D eigenvalue weighted by atomic mass is 9.91. The molecule has 1 saturated carbocycles. The van der Waals surface area contributed by atoms with Gasteiger partial charge in [-0.05, 0) is 44.7 Å². The summed E-state index contributed by atoms with van der Waals surface area (Å²) in [6.07, 6.45) is 1.07. The molecule has 0 aliphatic heterocycles. The van der Waals surface area contributed by atoms with E-state index in [-0.39, 0.29) is 29.4 Å². The number of fused-ring (bicyclic) bond motifs is 1. The number of alkyl halides is 3. The average molecular weight is 407 g/mol. The quantitative estimate of drug-likeness (QED) is 0.687. The summed E-state index contributed by atoms with van der Waals surface area (Å²) in [5.41, 5.74) is 0.0103. The Morgan fingerprint density at radius 2 is 1.93 bits per heavy atom. The zero-order valence-corrected chi connectivity index (χ0v) is 15.7. The smallest absolute Gasteiger partial charge is 0.368 e. The van der Waals surface area contributed by atoms with Crippen molar-refractivity contribution in [2.24, 2.45) is 0 Å². The minimum atomic E-state index is -4.48. The molecule has 0 spiro atoms. The van der Waals surface area contributed by atoms with Gasteiger partial charge >= 0.3 is 6.18 Å². The minimum absolute atomic E-state index is 0.0194. The second-order valence-electron chi connectivity index (χ2n) is 7.27. The topological polar surface area (TPSA) is 84.5 Å². The fraction of sp³-hybridized carbons (Fsp3) is 0.421. The Hall–Kier alpha value is -3.04. The normalized spacial score (nSPS) is 20.0. The van der Waals surface area contributed by atoms with Gasteiger partial charge in [0, 0.05) is 23.8 Å².